The van der Waals surface area contributed by atoms with Crippen LogP contribution >= 0.6 is 0 Å². The quantitative estimate of drug-likeness (QED) is 0.821. The molecule has 116 valence electrons. The maximum absolute atomic E-state index is 12.8. The Kier molecular flexibility index (Phi) is 5.67. The Balaban J connectivity index is 2.04. The van der Waals surface area contributed by atoms with Crippen LogP contribution in [-0.2, 0) is 11.2 Å². The maximum atomic E-state index is 12.8. The van der Waals surface area contributed by atoms with E-state index in [0.717, 1.165) is 12.0 Å². The van der Waals surface area contributed by atoms with Crippen molar-refractivity contribution in [3.63, 3.8) is 0 Å². The number of amides is 1. The van der Waals surface area contributed by atoms with E-state index < -0.39 is 0 Å². The Bertz CT molecular complexity index is 584. The molecule has 1 amide bonds. The van der Waals surface area contributed by atoms with Gasteiger partial charge < -0.3 is 4.90 Å². The summed E-state index contributed by atoms with van der Waals surface area (Å²) in [5, 5.41) is 0. The van der Waals surface area contributed by atoms with Gasteiger partial charge in [-0.2, -0.15) is 0 Å². The van der Waals surface area contributed by atoms with Crippen molar-refractivity contribution < 1.29 is 4.79 Å². The highest BCUT2D eigenvalue weighted by Gasteiger charge is 2.25. The SMILES string of the molecule is CN(CCc1ccncc1)C(=O)C(c1ccccc1)N(C)C. The normalized spacial score (nSPS) is 12.2. The number of benzene rings is 1. The molecule has 0 spiro atoms. The zero-order valence-corrected chi connectivity index (χ0v) is 13.4. The third-order valence-electron chi connectivity index (χ3n) is 3.73. The molecule has 4 nitrogen and oxygen atoms in total. The van der Waals surface area contributed by atoms with Gasteiger partial charge in [-0.25, -0.2) is 0 Å². The average Bonchev–Trinajstić information content (AvgIpc) is 2.54. The second-order valence-electron chi connectivity index (χ2n) is 5.64. The molecule has 0 radical (unpaired) electrons. The summed E-state index contributed by atoms with van der Waals surface area (Å²) in [4.78, 5) is 20.6. The van der Waals surface area contributed by atoms with E-state index in [1.54, 1.807) is 17.3 Å². The fourth-order valence-electron chi connectivity index (χ4n) is 2.46. The first kappa shape index (κ1) is 16.2. The van der Waals surface area contributed by atoms with Crippen LogP contribution in [0.25, 0.3) is 0 Å². The highest BCUT2D eigenvalue weighted by molar-refractivity contribution is 5.83. The Morgan fingerprint density at radius 2 is 1.68 bits per heavy atom. The Morgan fingerprint density at radius 3 is 2.27 bits per heavy atom. The summed E-state index contributed by atoms with van der Waals surface area (Å²) in [5.74, 6) is 0.116. The number of rotatable bonds is 6. The number of carbonyl (C=O) groups is 1. The molecule has 0 saturated heterocycles. The monoisotopic (exact) mass is 297 g/mol. The molecule has 4 heteroatoms. The fraction of sp³-hybridized carbons (Fsp3) is 0.333. The molecule has 0 aliphatic rings. The number of aromatic nitrogens is 1. The molecule has 0 bridgehead atoms. The van der Waals surface area contributed by atoms with Crippen LogP contribution in [0.3, 0.4) is 0 Å². The van der Waals surface area contributed by atoms with Gasteiger partial charge in [0.2, 0.25) is 5.91 Å². The lowest BCUT2D eigenvalue weighted by atomic mass is 10.0. The van der Waals surface area contributed by atoms with Crippen LogP contribution in [-0.4, -0.2) is 48.4 Å². The van der Waals surface area contributed by atoms with Gasteiger partial charge in [-0.15, -0.1) is 0 Å². The standard InChI is InChI=1S/C18H23N3O/c1-20(2)17(16-7-5-4-6-8-16)18(22)21(3)14-11-15-9-12-19-13-10-15/h4-10,12-13,17H,11,14H2,1-3H3. The van der Waals surface area contributed by atoms with Gasteiger partial charge in [0.25, 0.3) is 0 Å². The highest BCUT2D eigenvalue weighted by Crippen LogP contribution is 2.20. The van der Waals surface area contributed by atoms with Crippen molar-refractivity contribution in [2.24, 2.45) is 0 Å². The van der Waals surface area contributed by atoms with Crippen molar-refractivity contribution in [2.75, 3.05) is 27.7 Å². The molecule has 2 aromatic rings. The average molecular weight is 297 g/mol. The molecule has 0 saturated carbocycles. The van der Waals surface area contributed by atoms with Crippen molar-refractivity contribution in [1.29, 1.82) is 0 Å². The number of carbonyl (C=O) groups excluding carboxylic acids is 1. The largest absolute Gasteiger partial charge is 0.344 e. The Labute approximate surface area is 132 Å². The first-order valence-electron chi connectivity index (χ1n) is 7.45. The Morgan fingerprint density at radius 1 is 1.05 bits per heavy atom. The lowest BCUT2D eigenvalue weighted by molar-refractivity contribution is -0.135. The Hall–Kier alpha value is -2.20. The van der Waals surface area contributed by atoms with Gasteiger partial charge in [-0.1, -0.05) is 30.3 Å². The molecule has 1 aromatic heterocycles. The summed E-state index contributed by atoms with van der Waals surface area (Å²) < 4.78 is 0. The molecular weight excluding hydrogens is 274 g/mol. The molecule has 2 rings (SSSR count). The van der Waals surface area contributed by atoms with Crippen molar-refractivity contribution in [3.05, 3.63) is 66.0 Å². The zero-order chi connectivity index (χ0) is 15.9. The van der Waals surface area contributed by atoms with E-state index in [1.807, 2.05) is 68.5 Å². The number of hydrogen-bond donors (Lipinski definition) is 0. The summed E-state index contributed by atoms with van der Waals surface area (Å²) in [6.07, 6.45) is 4.40. The highest BCUT2D eigenvalue weighted by atomic mass is 16.2. The first-order chi connectivity index (χ1) is 10.6. The van der Waals surface area contributed by atoms with Crippen LogP contribution < -0.4 is 0 Å². The van der Waals surface area contributed by atoms with Crippen LogP contribution in [0.5, 0.6) is 0 Å². The van der Waals surface area contributed by atoms with Gasteiger partial charge in [-0.3, -0.25) is 14.7 Å². The zero-order valence-electron chi connectivity index (χ0n) is 13.4. The van der Waals surface area contributed by atoms with Crippen LogP contribution in [0, 0.1) is 0 Å². The van der Waals surface area contributed by atoms with E-state index in [1.165, 1.54) is 5.56 Å². The summed E-state index contributed by atoms with van der Waals surface area (Å²) in [6.45, 7) is 0.694. The van der Waals surface area contributed by atoms with Crippen LogP contribution in [0.1, 0.15) is 17.2 Å². The predicted molar refractivity (Wildman–Crippen MR) is 88.4 cm³/mol. The summed E-state index contributed by atoms with van der Waals surface area (Å²) in [7, 11) is 5.74. The van der Waals surface area contributed by atoms with Crippen LogP contribution in [0.4, 0.5) is 0 Å². The number of nitrogens with zero attached hydrogens (tertiary/aromatic N) is 3. The molecule has 1 heterocycles. The van der Waals surface area contributed by atoms with E-state index in [0.29, 0.717) is 6.54 Å². The van der Waals surface area contributed by atoms with Gasteiger partial charge in [0.15, 0.2) is 0 Å². The second kappa shape index (κ2) is 7.71. The minimum absolute atomic E-state index is 0.116. The fourth-order valence-corrected chi connectivity index (χ4v) is 2.46. The summed E-state index contributed by atoms with van der Waals surface area (Å²) in [6, 6.07) is 13.6. The second-order valence-corrected chi connectivity index (χ2v) is 5.64. The van der Waals surface area contributed by atoms with Gasteiger partial charge in [-0.05, 0) is 43.8 Å². The lowest BCUT2D eigenvalue weighted by Crippen LogP contribution is -2.39. The topological polar surface area (TPSA) is 36.4 Å². The first-order valence-corrected chi connectivity index (χ1v) is 7.45. The van der Waals surface area contributed by atoms with Gasteiger partial charge in [0.05, 0.1) is 0 Å². The number of likely N-dealkylation sites (N-methyl/N-ethyl adjacent to an activating group) is 2. The number of pyridine rings is 1. The van der Waals surface area contributed by atoms with Crippen molar-refractivity contribution in [2.45, 2.75) is 12.5 Å². The molecule has 1 atom stereocenters. The minimum Gasteiger partial charge on any atom is -0.344 e. The molecule has 22 heavy (non-hydrogen) atoms. The molecule has 0 aliphatic carbocycles. The van der Waals surface area contributed by atoms with E-state index in [2.05, 4.69) is 4.98 Å². The van der Waals surface area contributed by atoms with Gasteiger partial charge in [0, 0.05) is 26.0 Å². The van der Waals surface area contributed by atoms with Gasteiger partial charge in [0.1, 0.15) is 6.04 Å². The van der Waals surface area contributed by atoms with E-state index >= 15 is 0 Å². The molecule has 0 N–H and O–H groups in total. The lowest BCUT2D eigenvalue weighted by Gasteiger charge is -2.28. The van der Waals surface area contributed by atoms with E-state index in [9.17, 15) is 4.79 Å². The van der Waals surface area contributed by atoms with Crippen LogP contribution in [0.15, 0.2) is 54.9 Å². The predicted octanol–water partition coefficient (Wildman–Crippen LogP) is 2.39. The summed E-state index contributed by atoms with van der Waals surface area (Å²) >= 11 is 0. The maximum Gasteiger partial charge on any atom is 0.244 e. The molecule has 0 fully saturated rings. The van der Waals surface area contributed by atoms with Gasteiger partial charge >= 0.3 is 0 Å². The van der Waals surface area contributed by atoms with Crippen LogP contribution in [0.2, 0.25) is 0 Å². The molecule has 1 aromatic carbocycles. The van der Waals surface area contributed by atoms with Crippen molar-refractivity contribution in [3.8, 4) is 0 Å². The third kappa shape index (κ3) is 4.15. The molecule has 1 unspecified atom stereocenters. The molecule has 0 aliphatic heterocycles. The minimum atomic E-state index is -0.247. The van der Waals surface area contributed by atoms with Crippen molar-refractivity contribution >= 4 is 5.91 Å². The smallest absolute Gasteiger partial charge is 0.244 e. The summed E-state index contributed by atoms with van der Waals surface area (Å²) in [5.41, 5.74) is 2.21. The van der Waals surface area contributed by atoms with E-state index in [4.69, 9.17) is 0 Å². The van der Waals surface area contributed by atoms with E-state index in [-0.39, 0.29) is 11.9 Å². The van der Waals surface area contributed by atoms with Crippen molar-refractivity contribution in [1.82, 2.24) is 14.8 Å². The number of hydrogen-bond acceptors (Lipinski definition) is 3. The molecular formula is C18H23N3O. The third-order valence-corrected chi connectivity index (χ3v) is 3.73.